The highest BCUT2D eigenvalue weighted by atomic mass is 35.5. The van der Waals surface area contributed by atoms with Gasteiger partial charge in [0.15, 0.2) is 0 Å². The van der Waals surface area contributed by atoms with Gasteiger partial charge < -0.3 is 0 Å². The van der Waals surface area contributed by atoms with Crippen LogP contribution in [0.2, 0.25) is 10.0 Å². The number of rotatable bonds is 4. The number of fused-ring (bicyclic) bond motifs is 1. The third kappa shape index (κ3) is 4.01. The first-order valence-electron chi connectivity index (χ1n) is 9.74. The molecule has 32 heavy (non-hydrogen) atoms. The summed E-state index contributed by atoms with van der Waals surface area (Å²) in [5.41, 5.74) is 1.35. The number of halogens is 2. The zero-order valence-corrected chi connectivity index (χ0v) is 19.3. The van der Waals surface area contributed by atoms with Crippen LogP contribution in [-0.2, 0) is 4.79 Å². The number of carbonyl (C=O) groups is 3. The van der Waals surface area contributed by atoms with Gasteiger partial charge in [-0.25, -0.2) is 4.90 Å². The summed E-state index contributed by atoms with van der Waals surface area (Å²) >= 11 is 14.0. The Labute approximate surface area is 199 Å². The highest BCUT2D eigenvalue weighted by Gasteiger charge is 2.44. The molecule has 1 aliphatic rings. The van der Waals surface area contributed by atoms with Crippen molar-refractivity contribution in [1.82, 2.24) is 0 Å². The summed E-state index contributed by atoms with van der Waals surface area (Å²) in [5.74, 6) is -1.05. The monoisotopic (exact) mass is 484 g/mol. The van der Waals surface area contributed by atoms with Crippen molar-refractivity contribution in [3.8, 4) is 0 Å². The van der Waals surface area contributed by atoms with E-state index in [9.17, 15) is 14.4 Å². The van der Waals surface area contributed by atoms with Crippen LogP contribution in [-0.4, -0.2) is 35.8 Å². The smallest absolute Gasteiger partial charge is 0.265 e. The highest BCUT2D eigenvalue weighted by molar-refractivity contribution is 7.98. The average Bonchev–Trinajstić information content (AvgIpc) is 2.81. The van der Waals surface area contributed by atoms with Crippen LogP contribution in [0.4, 0.5) is 11.4 Å². The molecule has 0 spiro atoms. The largest absolute Gasteiger partial charge is 0.293 e. The molecule has 0 saturated heterocycles. The lowest BCUT2D eigenvalue weighted by Gasteiger charge is -2.41. The van der Waals surface area contributed by atoms with E-state index in [0.717, 1.165) is 4.90 Å². The van der Waals surface area contributed by atoms with Crippen LogP contribution in [0.3, 0.4) is 0 Å². The van der Waals surface area contributed by atoms with Crippen LogP contribution in [0.25, 0.3) is 0 Å². The van der Waals surface area contributed by atoms with Crippen molar-refractivity contribution in [2.24, 2.45) is 0 Å². The second kappa shape index (κ2) is 9.36. The summed E-state index contributed by atoms with van der Waals surface area (Å²) in [4.78, 5) is 43.1. The average molecular weight is 485 g/mol. The molecular formula is C24H18Cl2N2O3S. The van der Waals surface area contributed by atoms with Crippen LogP contribution in [0.1, 0.15) is 20.7 Å². The van der Waals surface area contributed by atoms with E-state index in [-0.39, 0.29) is 21.6 Å². The predicted molar refractivity (Wildman–Crippen MR) is 130 cm³/mol. The third-order valence-electron chi connectivity index (χ3n) is 5.12. The van der Waals surface area contributed by atoms with Gasteiger partial charge >= 0.3 is 0 Å². The summed E-state index contributed by atoms with van der Waals surface area (Å²) in [5, 5.41) is 0.403. The van der Waals surface area contributed by atoms with Crippen LogP contribution in [0.5, 0.6) is 0 Å². The van der Waals surface area contributed by atoms with E-state index in [2.05, 4.69) is 0 Å². The number of hydrogen-bond acceptors (Lipinski definition) is 4. The van der Waals surface area contributed by atoms with Crippen molar-refractivity contribution in [3.63, 3.8) is 0 Å². The van der Waals surface area contributed by atoms with E-state index in [0.29, 0.717) is 22.6 Å². The van der Waals surface area contributed by atoms with Crippen molar-refractivity contribution >= 4 is 64.1 Å². The van der Waals surface area contributed by atoms with Crippen LogP contribution in [0, 0.1) is 0 Å². The Bertz CT molecular complexity index is 1190. The fraction of sp³-hybridized carbons (Fsp3) is 0.125. The fourth-order valence-corrected chi connectivity index (χ4v) is 4.56. The lowest BCUT2D eigenvalue weighted by molar-refractivity contribution is -0.119. The number of hydrogen-bond donors (Lipinski definition) is 0. The number of benzene rings is 3. The minimum atomic E-state index is -0.893. The van der Waals surface area contributed by atoms with Gasteiger partial charge in [0.1, 0.15) is 6.04 Å². The van der Waals surface area contributed by atoms with Gasteiger partial charge in [-0.3, -0.25) is 19.3 Å². The maximum atomic E-state index is 13.7. The summed E-state index contributed by atoms with van der Waals surface area (Å²) in [6.45, 7) is 0. The molecule has 0 aromatic heterocycles. The van der Waals surface area contributed by atoms with E-state index >= 15 is 0 Å². The molecule has 0 saturated carbocycles. The molecule has 1 atom stereocenters. The SMILES string of the molecule is CSC[C@@H]1C(=O)N(C(=O)c2ccccc2)c2cc(Cl)c(Cl)cc2N1C(=O)c1ccccc1. The topological polar surface area (TPSA) is 57.7 Å². The molecule has 0 aliphatic carbocycles. The molecule has 0 radical (unpaired) electrons. The van der Waals surface area contributed by atoms with Gasteiger partial charge in [-0.15, -0.1) is 0 Å². The lowest BCUT2D eigenvalue weighted by atomic mass is 10.0. The van der Waals surface area contributed by atoms with Crippen LogP contribution in [0.15, 0.2) is 72.8 Å². The van der Waals surface area contributed by atoms with Crippen molar-refractivity contribution in [2.45, 2.75) is 6.04 Å². The van der Waals surface area contributed by atoms with Gasteiger partial charge in [0.05, 0.1) is 21.4 Å². The Morgan fingerprint density at radius 1 is 0.844 bits per heavy atom. The van der Waals surface area contributed by atoms with Gasteiger partial charge in [0.25, 0.3) is 17.7 Å². The minimum absolute atomic E-state index is 0.180. The predicted octanol–water partition coefficient (Wildman–Crippen LogP) is 5.56. The van der Waals surface area contributed by atoms with Crippen molar-refractivity contribution in [1.29, 1.82) is 0 Å². The maximum Gasteiger partial charge on any atom is 0.265 e. The Hall–Kier alpha value is -2.80. The maximum absolute atomic E-state index is 13.7. The number of imide groups is 1. The Morgan fingerprint density at radius 3 is 1.88 bits per heavy atom. The first-order valence-corrected chi connectivity index (χ1v) is 11.9. The standard InChI is InChI=1S/C24H18Cl2N2O3S/c1-32-14-21-24(31)28(23(30)16-10-6-3-7-11-16)20-13-18(26)17(25)12-19(20)27(21)22(29)15-8-4-2-5-9-15/h2-13,21H,14H2,1H3/t21-/m1/s1. The molecule has 1 heterocycles. The van der Waals surface area contributed by atoms with Crippen molar-refractivity contribution < 1.29 is 14.4 Å². The van der Waals surface area contributed by atoms with E-state index in [1.165, 1.54) is 28.8 Å². The molecule has 0 N–H and O–H groups in total. The molecule has 8 heteroatoms. The number of thioether (sulfide) groups is 1. The molecule has 3 aromatic rings. The molecule has 0 fully saturated rings. The number of amides is 3. The fourth-order valence-electron chi connectivity index (χ4n) is 3.64. The first kappa shape index (κ1) is 22.4. The highest BCUT2D eigenvalue weighted by Crippen LogP contribution is 2.43. The summed E-state index contributed by atoms with van der Waals surface area (Å²) in [6, 6.07) is 19.3. The molecule has 5 nitrogen and oxygen atoms in total. The lowest BCUT2D eigenvalue weighted by Crippen LogP contribution is -2.58. The molecule has 3 aromatic carbocycles. The van der Waals surface area contributed by atoms with Gasteiger partial charge in [-0.2, -0.15) is 11.8 Å². The molecule has 4 rings (SSSR count). The zero-order valence-electron chi connectivity index (χ0n) is 17.0. The first-order chi connectivity index (χ1) is 15.4. The van der Waals surface area contributed by atoms with E-state index < -0.39 is 17.9 Å². The van der Waals surface area contributed by atoms with E-state index in [1.54, 1.807) is 54.6 Å². The quantitative estimate of drug-likeness (QED) is 0.454. The second-order valence-corrected chi connectivity index (χ2v) is 8.84. The van der Waals surface area contributed by atoms with Gasteiger partial charge in [0.2, 0.25) is 0 Å². The van der Waals surface area contributed by atoms with Crippen LogP contribution >= 0.6 is 35.0 Å². The summed E-state index contributed by atoms with van der Waals surface area (Å²) < 4.78 is 0. The molecule has 0 bridgehead atoms. The van der Waals surface area contributed by atoms with Gasteiger partial charge in [0, 0.05) is 16.9 Å². The number of carbonyl (C=O) groups excluding carboxylic acids is 3. The van der Waals surface area contributed by atoms with Gasteiger partial charge in [-0.1, -0.05) is 59.6 Å². The van der Waals surface area contributed by atoms with Crippen molar-refractivity contribution in [2.75, 3.05) is 21.8 Å². The molecule has 0 unspecified atom stereocenters. The van der Waals surface area contributed by atoms with Gasteiger partial charge in [-0.05, 0) is 42.7 Å². The van der Waals surface area contributed by atoms with Crippen molar-refractivity contribution in [3.05, 3.63) is 94.0 Å². The Morgan fingerprint density at radius 2 is 1.34 bits per heavy atom. The Kier molecular flexibility index (Phi) is 6.55. The number of anilines is 2. The summed E-state index contributed by atoms with van der Waals surface area (Å²) in [6.07, 6.45) is 1.84. The third-order valence-corrected chi connectivity index (χ3v) is 6.49. The Balaban J connectivity index is 1.92. The van der Waals surface area contributed by atoms with E-state index in [4.69, 9.17) is 23.2 Å². The number of nitrogens with zero attached hydrogens (tertiary/aromatic N) is 2. The van der Waals surface area contributed by atoms with Crippen LogP contribution < -0.4 is 9.80 Å². The molecule has 1 aliphatic heterocycles. The zero-order chi connectivity index (χ0) is 22.8. The molecule has 162 valence electrons. The molecular weight excluding hydrogens is 467 g/mol. The van der Waals surface area contributed by atoms with E-state index in [1.807, 2.05) is 12.3 Å². The molecule has 3 amide bonds. The minimum Gasteiger partial charge on any atom is -0.293 e. The normalized spacial score (nSPS) is 15.5. The second-order valence-electron chi connectivity index (χ2n) is 7.11. The summed E-state index contributed by atoms with van der Waals surface area (Å²) in [7, 11) is 0.